The highest BCUT2D eigenvalue weighted by Gasteiger charge is 2.20. The molecule has 1 aliphatic heterocycles. The lowest BCUT2D eigenvalue weighted by molar-refractivity contribution is 0.541. The van der Waals surface area contributed by atoms with Crippen LogP contribution >= 0.6 is 0 Å². The van der Waals surface area contributed by atoms with Crippen molar-refractivity contribution in [3.63, 3.8) is 0 Å². The molecule has 1 aliphatic rings. The summed E-state index contributed by atoms with van der Waals surface area (Å²) in [6, 6.07) is 8.29. The lowest BCUT2D eigenvalue weighted by atomic mass is 10.1. The average molecular weight is 240 g/mol. The van der Waals surface area contributed by atoms with Gasteiger partial charge in [0.2, 0.25) is 0 Å². The Morgan fingerprint density at radius 1 is 1.17 bits per heavy atom. The van der Waals surface area contributed by atoms with Crippen LogP contribution in [0.5, 0.6) is 0 Å². The number of hydrogen-bond acceptors (Lipinski definition) is 3. The van der Waals surface area contributed by atoms with Crippen LogP contribution < -0.4 is 5.01 Å². The first-order valence-corrected chi connectivity index (χ1v) is 6.13. The van der Waals surface area contributed by atoms with E-state index in [1.165, 1.54) is 11.3 Å². The average Bonchev–Trinajstić information content (AvgIpc) is 2.72. The molecule has 4 nitrogen and oxygen atoms in total. The number of para-hydroxylation sites is 1. The predicted octanol–water partition coefficient (Wildman–Crippen LogP) is 2.62. The number of hydrogen-bond donors (Lipinski definition) is 0. The molecule has 2 aromatic rings. The Morgan fingerprint density at radius 2 is 1.94 bits per heavy atom. The molecule has 1 aromatic carbocycles. The van der Waals surface area contributed by atoms with Crippen molar-refractivity contribution >= 4 is 11.0 Å². The summed E-state index contributed by atoms with van der Waals surface area (Å²) in [5.41, 5.74) is 4.42. The maximum atomic E-state index is 4.27. The topological polar surface area (TPSA) is 34.0 Å². The van der Waals surface area contributed by atoms with Gasteiger partial charge in [-0.2, -0.15) is 4.79 Å². The second-order valence-electron chi connectivity index (χ2n) is 4.75. The van der Waals surface area contributed by atoms with Crippen molar-refractivity contribution in [1.82, 2.24) is 15.1 Å². The van der Waals surface area contributed by atoms with E-state index < -0.39 is 0 Å². The molecule has 0 amide bonds. The molecule has 0 aliphatic carbocycles. The van der Waals surface area contributed by atoms with E-state index in [1.54, 1.807) is 0 Å². The standard InChI is InChI=1S/C14H16N4/c1-10-8-11(2)17(12(3)9-10)18-14-7-5-4-6-13(14)15-16-18/h4-9,11H,1-3H3. The Hall–Kier alpha value is -2.10. The number of fused-ring (bicyclic) bond motifs is 1. The van der Waals surface area contributed by atoms with Gasteiger partial charge in [-0.05, 0) is 44.2 Å². The van der Waals surface area contributed by atoms with E-state index >= 15 is 0 Å². The van der Waals surface area contributed by atoms with E-state index in [2.05, 4.69) is 48.2 Å². The molecule has 0 radical (unpaired) electrons. The van der Waals surface area contributed by atoms with Gasteiger partial charge in [-0.1, -0.05) is 23.8 Å². The molecule has 0 saturated heterocycles. The Labute approximate surface area is 106 Å². The maximum absolute atomic E-state index is 4.27. The van der Waals surface area contributed by atoms with Crippen molar-refractivity contribution in [2.24, 2.45) is 0 Å². The highest BCUT2D eigenvalue weighted by atomic mass is 15.7. The molecule has 0 fully saturated rings. The van der Waals surface area contributed by atoms with E-state index in [4.69, 9.17) is 0 Å². The van der Waals surface area contributed by atoms with Crippen LogP contribution in [0.2, 0.25) is 0 Å². The minimum Gasteiger partial charge on any atom is -0.261 e. The molecule has 2 heterocycles. The fourth-order valence-corrected chi connectivity index (χ4v) is 2.55. The van der Waals surface area contributed by atoms with Gasteiger partial charge in [0.05, 0.1) is 6.04 Å². The molecule has 1 aromatic heterocycles. The smallest absolute Gasteiger partial charge is 0.115 e. The van der Waals surface area contributed by atoms with Crippen molar-refractivity contribution in [3.05, 3.63) is 47.7 Å². The van der Waals surface area contributed by atoms with E-state index in [1.807, 2.05) is 29.1 Å². The lowest BCUT2D eigenvalue weighted by Gasteiger charge is -2.32. The molecular weight excluding hydrogens is 224 g/mol. The minimum absolute atomic E-state index is 0.278. The maximum Gasteiger partial charge on any atom is 0.115 e. The van der Waals surface area contributed by atoms with Crippen LogP contribution in [0, 0.1) is 0 Å². The Morgan fingerprint density at radius 3 is 2.72 bits per heavy atom. The highest BCUT2D eigenvalue weighted by molar-refractivity contribution is 5.74. The van der Waals surface area contributed by atoms with Gasteiger partial charge in [-0.15, -0.1) is 5.10 Å². The summed E-state index contributed by atoms with van der Waals surface area (Å²) >= 11 is 0. The minimum atomic E-state index is 0.278. The van der Waals surface area contributed by atoms with Gasteiger partial charge in [-0.25, -0.2) is 0 Å². The number of aromatic nitrogens is 3. The van der Waals surface area contributed by atoms with Gasteiger partial charge in [0.25, 0.3) is 0 Å². The number of rotatable bonds is 1. The van der Waals surface area contributed by atoms with Crippen LogP contribution in [-0.4, -0.2) is 21.1 Å². The van der Waals surface area contributed by atoms with Crippen molar-refractivity contribution in [2.45, 2.75) is 26.8 Å². The van der Waals surface area contributed by atoms with Gasteiger partial charge in [0.15, 0.2) is 0 Å². The largest absolute Gasteiger partial charge is 0.261 e. The molecule has 3 rings (SSSR count). The summed E-state index contributed by atoms with van der Waals surface area (Å²) in [7, 11) is 0. The summed E-state index contributed by atoms with van der Waals surface area (Å²) in [5, 5.41) is 10.6. The van der Waals surface area contributed by atoms with Gasteiger partial charge in [0, 0.05) is 5.70 Å². The summed E-state index contributed by atoms with van der Waals surface area (Å²) in [6.45, 7) is 6.39. The van der Waals surface area contributed by atoms with Crippen molar-refractivity contribution < 1.29 is 0 Å². The van der Waals surface area contributed by atoms with Gasteiger partial charge < -0.3 is 0 Å². The van der Waals surface area contributed by atoms with E-state index in [9.17, 15) is 0 Å². The predicted molar refractivity (Wildman–Crippen MR) is 72.7 cm³/mol. The van der Waals surface area contributed by atoms with Crippen LogP contribution in [0.1, 0.15) is 20.8 Å². The molecular formula is C14H16N4. The lowest BCUT2D eigenvalue weighted by Crippen LogP contribution is -2.42. The zero-order chi connectivity index (χ0) is 12.7. The monoisotopic (exact) mass is 240 g/mol. The Kier molecular flexibility index (Phi) is 2.44. The third-order valence-electron chi connectivity index (χ3n) is 3.23. The molecule has 4 heteroatoms. The first kappa shape index (κ1) is 11.0. The van der Waals surface area contributed by atoms with Gasteiger partial charge in [-0.3, -0.25) is 5.01 Å². The zero-order valence-corrected chi connectivity index (χ0v) is 10.8. The zero-order valence-electron chi connectivity index (χ0n) is 10.8. The molecule has 0 N–H and O–H groups in total. The molecule has 92 valence electrons. The fraction of sp³-hybridized carbons (Fsp3) is 0.286. The first-order chi connectivity index (χ1) is 8.66. The quantitative estimate of drug-likeness (QED) is 0.768. The number of nitrogens with zero attached hydrogens (tertiary/aromatic N) is 4. The molecule has 0 saturated carbocycles. The van der Waals surface area contributed by atoms with Crippen LogP contribution in [0.25, 0.3) is 11.0 Å². The highest BCUT2D eigenvalue weighted by Crippen LogP contribution is 2.21. The molecule has 18 heavy (non-hydrogen) atoms. The van der Waals surface area contributed by atoms with Crippen molar-refractivity contribution in [2.75, 3.05) is 5.01 Å². The van der Waals surface area contributed by atoms with Crippen molar-refractivity contribution in [1.29, 1.82) is 0 Å². The third kappa shape index (κ3) is 1.61. The fourth-order valence-electron chi connectivity index (χ4n) is 2.55. The SMILES string of the molecule is CC1=CC(C)N(n2nnc3ccccc32)C(C)=C1. The molecule has 0 bridgehead atoms. The Balaban J connectivity index is 2.13. The van der Waals surface area contributed by atoms with Crippen LogP contribution in [-0.2, 0) is 0 Å². The van der Waals surface area contributed by atoms with Crippen LogP contribution in [0.15, 0.2) is 47.7 Å². The third-order valence-corrected chi connectivity index (χ3v) is 3.23. The van der Waals surface area contributed by atoms with Crippen LogP contribution in [0.4, 0.5) is 0 Å². The summed E-state index contributed by atoms with van der Waals surface area (Å²) in [4.78, 5) is 1.88. The first-order valence-electron chi connectivity index (χ1n) is 6.13. The summed E-state index contributed by atoms with van der Waals surface area (Å²) in [6.07, 6.45) is 4.39. The van der Waals surface area contributed by atoms with Gasteiger partial charge >= 0.3 is 0 Å². The molecule has 1 unspecified atom stereocenters. The Bertz CT molecular complexity index is 651. The second-order valence-corrected chi connectivity index (χ2v) is 4.75. The molecule has 0 spiro atoms. The van der Waals surface area contributed by atoms with E-state index in [0.29, 0.717) is 0 Å². The molecule has 1 atom stereocenters. The van der Waals surface area contributed by atoms with Crippen LogP contribution in [0.3, 0.4) is 0 Å². The number of allylic oxidation sites excluding steroid dienone is 3. The van der Waals surface area contributed by atoms with Crippen molar-refractivity contribution in [3.8, 4) is 0 Å². The summed E-state index contributed by atoms with van der Waals surface area (Å²) < 4.78 is 0. The van der Waals surface area contributed by atoms with E-state index in [0.717, 1.165) is 11.0 Å². The van der Waals surface area contributed by atoms with Gasteiger partial charge in [0.1, 0.15) is 11.0 Å². The summed E-state index contributed by atoms with van der Waals surface area (Å²) in [5.74, 6) is 0. The van der Waals surface area contributed by atoms with E-state index in [-0.39, 0.29) is 6.04 Å². The second kappa shape index (κ2) is 3.98. The normalized spacial score (nSPS) is 19.9. The number of benzene rings is 1.